The Bertz CT molecular complexity index is 581. The maximum Gasteiger partial charge on any atom is 0.0678 e. The standard InChI is InChI=1S/C16H22N4.ClH/c1-13-4-2-3-5-16(13)20-15(6-8-18-20)12-19-9-7-14(10-17)11-19;/h2-6,8,14H,7,9-12,17H2,1H3;1H. The molecule has 1 atom stereocenters. The van der Waals surface area contributed by atoms with E-state index in [9.17, 15) is 0 Å². The molecule has 0 saturated carbocycles. The molecular weight excluding hydrogens is 284 g/mol. The van der Waals surface area contributed by atoms with E-state index in [0.717, 1.165) is 26.2 Å². The average Bonchev–Trinajstić information content (AvgIpc) is 3.09. The largest absolute Gasteiger partial charge is 0.330 e. The fraction of sp³-hybridized carbons (Fsp3) is 0.438. The minimum Gasteiger partial charge on any atom is -0.330 e. The van der Waals surface area contributed by atoms with Gasteiger partial charge >= 0.3 is 0 Å². The average molecular weight is 307 g/mol. The van der Waals surface area contributed by atoms with Gasteiger partial charge < -0.3 is 5.73 Å². The lowest BCUT2D eigenvalue weighted by molar-refractivity contribution is 0.311. The summed E-state index contributed by atoms with van der Waals surface area (Å²) < 4.78 is 2.06. The molecule has 5 heteroatoms. The lowest BCUT2D eigenvalue weighted by atomic mass is 10.1. The first-order valence-corrected chi connectivity index (χ1v) is 7.29. The normalized spacial score (nSPS) is 18.7. The summed E-state index contributed by atoms with van der Waals surface area (Å²) in [4.78, 5) is 2.48. The second kappa shape index (κ2) is 7.07. The zero-order chi connectivity index (χ0) is 13.9. The van der Waals surface area contributed by atoms with Gasteiger partial charge in [-0.3, -0.25) is 4.90 Å². The highest BCUT2D eigenvalue weighted by molar-refractivity contribution is 5.85. The lowest BCUT2D eigenvalue weighted by Crippen LogP contribution is -2.24. The molecule has 1 aliphatic heterocycles. The van der Waals surface area contributed by atoms with Crippen molar-refractivity contribution in [2.75, 3.05) is 19.6 Å². The topological polar surface area (TPSA) is 47.1 Å². The molecule has 2 aromatic rings. The van der Waals surface area contributed by atoms with Gasteiger partial charge in [0.2, 0.25) is 0 Å². The second-order valence-electron chi connectivity index (χ2n) is 5.65. The van der Waals surface area contributed by atoms with Gasteiger partial charge in [-0.1, -0.05) is 18.2 Å². The first kappa shape index (κ1) is 16.0. The number of aryl methyl sites for hydroxylation is 1. The van der Waals surface area contributed by atoms with E-state index in [1.807, 2.05) is 6.20 Å². The smallest absolute Gasteiger partial charge is 0.0678 e. The van der Waals surface area contributed by atoms with Crippen LogP contribution in [0.25, 0.3) is 5.69 Å². The van der Waals surface area contributed by atoms with Gasteiger partial charge in [-0.25, -0.2) is 4.68 Å². The number of benzene rings is 1. The molecule has 114 valence electrons. The molecule has 0 radical (unpaired) electrons. The molecule has 21 heavy (non-hydrogen) atoms. The Labute approximate surface area is 132 Å². The van der Waals surface area contributed by atoms with Gasteiger partial charge in [-0.15, -0.1) is 12.4 Å². The molecule has 1 aromatic heterocycles. The Balaban J connectivity index is 0.00000161. The first-order chi connectivity index (χ1) is 9.78. The summed E-state index contributed by atoms with van der Waals surface area (Å²) >= 11 is 0. The molecule has 2 N–H and O–H groups in total. The quantitative estimate of drug-likeness (QED) is 0.943. The monoisotopic (exact) mass is 306 g/mol. The van der Waals surface area contributed by atoms with Crippen LogP contribution >= 0.6 is 12.4 Å². The molecule has 1 saturated heterocycles. The second-order valence-corrected chi connectivity index (χ2v) is 5.65. The van der Waals surface area contributed by atoms with Crippen molar-refractivity contribution in [1.29, 1.82) is 0 Å². The van der Waals surface area contributed by atoms with Gasteiger partial charge in [0.15, 0.2) is 0 Å². The van der Waals surface area contributed by atoms with Crippen LogP contribution in [0.2, 0.25) is 0 Å². The van der Waals surface area contributed by atoms with Crippen molar-refractivity contribution in [3.05, 3.63) is 47.8 Å². The van der Waals surface area contributed by atoms with Crippen LogP contribution in [0, 0.1) is 12.8 Å². The first-order valence-electron chi connectivity index (χ1n) is 7.29. The van der Waals surface area contributed by atoms with Crippen molar-refractivity contribution in [2.24, 2.45) is 11.7 Å². The number of rotatable bonds is 4. The van der Waals surface area contributed by atoms with Crippen LogP contribution in [0.3, 0.4) is 0 Å². The van der Waals surface area contributed by atoms with E-state index in [2.05, 4.69) is 51.9 Å². The number of hydrogen-bond acceptors (Lipinski definition) is 3. The molecule has 2 heterocycles. The van der Waals surface area contributed by atoms with E-state index in [1.165, 1.54) is 23.4 Å². The molecule has 0 aliphatic carbocycles. The van der Waals surface area contributed by atoms with E-state index < -0.39 is 0 Å². The Morgan fingerprint density at radius 2 is 2.10 bits per heavy atom. The van der Waals surface area contributed by atoms with Crippen LogP contribution in [0.5, 0.6) is 0 Å². The van der Waals surface area contributed by atoms with Crippen LogP contribution in [0.15, 0.2) is 36.5 Å². The number of nitrogens with two attached hydrogens (primary N) is 1. The van der Waals surface area contributed by atoms with Gasteiger partial charge in [0.1, 0.15) is 0 Å². The van der Waals surface area contributed by atoms with Crippen molar-refractivity contribution in [2.45, 2.75) is 19.9 Å². The molecule has 1 fully saturated rings. The number of hydrogen-bond donors (Lipinski definition) is 1. The summed E-state index contributed by atoms with van der Waals surface area (Å²) in [5.41, 5.74) is 9.43. The van der Waals surface area contributed by atoms with Crippen LogP contribution in [0.1, 0.15) is 17.7 Å². The highest BCUT2D eigenvalue weighted by atomic mass is 35.5. The van der Waals surface area contributed by atoms with Crippen molar-refractivity contribution in [3.63, 3.8) is 0 Å². The Morgan fingerprint density at radius 3 is 2.81 bits per heavy atom. The van der Waals surface area contributed by atoms with E-state index in [0.29, 0.717) is 5.92 Å². The highest BCUT2D eigenvalue weighted by Crippen LogP contribution is 2.20. The van der Waals surface area contributed by atoms with Gasteiger partial charge in [-0.05, 0) is 50.0 Å². The number of para-hydroxylation sites is 1. The summed E-state index contributed by atoms with van der Waals surface area (Å²) in [5.74, 6) is 0.657. The molecular formula is C16H23ClN4. The third-order valence-electron chi connectivity index (χ3n) is 4.15. The van der Waals surface area contributed by atoms with E-state index in [4.69, 9.17) is 5.73 Å². The summed E-state index contributed by atoms with van der Waals surface area (Å²) in [7, 11) is 0. The number of nitrogens with zero attached hydrogens (tertiary/aromatic N) is 3. The Morgan fingerprint density at radius 1 is 1.29 bits per heavy atom. The van der Waals surface area contributed by atoms with Crippen LogP contribution in [0.4, 0.5) is 0 Å². The predicted molar refractivity (Wildman–Crippen MR) is 88.0 cm³/mol. The zero-order valence-corrected chi connectivity index (χ0v) is 13.2. The fourth-order valence-electron chi connectivity index (χ4n) is 2.95. The lowest BCUT2D eigenvalue weighted by Gasteiger charge is -2.17. The fourth-order valence-corrected chi connectivity index (χ4v) is 2.95. The molecule has 1 aromatic carbocycles. The third-order valence-corrected chi connectivity index (χ3v) is 4.15. The van der Waals surface area contributed by atoms with Crippen LogP contribution < -0.4 is 5.73 Å². The Hall–Kier alpha value is -1.36. The summed E-state index contributed by atoms with van der Waals surface area (Å²) in [6.07, 6.45) is 3.10. The van der Waals surface area contributed by atoms with Crippen LogP contribution in [-0.4, -0.2) is 34.3 Å². The number of aromatic nitrogens is 2. The maximum absolute atomic E-state index is 5.77. The van der Waals surface area contributed by atoms with Crippen molar-refractivity contribution < 1.29 is 0 Å². The van der Waals surface area contributed by atoms with Gasteiger partial charge in [0, 0.05) is 19.3 Å². The van der Waals surface area contributed by atoms with Crippen LogP contribution in [-0.2, 0) is 6.54 Å². The third kappa shape index (κ3) is 3.46. The van der Waals surface area contributed by atoms with Gasteiger partial charge in [0.05, 0.1) is 11.4 Å². The number of likely N-dealkylation sites (tertiary alicyclic amines) is 1. The maximum atomic E-state index is 5.77. The number of halogens is 1. The van der Waals surface area contributed by atoms with Gasteiger partial charge in [0.25, 0.3) is 0 Å². The van der Waals surface area contributed by atoms with Crippen molar-refractivity contribution >= 4 is 12.4 Å². The zero-order valence-electron chi connectivity index (χ0n) is 12.4. The summed E-state index contributed by atoms with van der Waals surface area (Å²) in [6, 6.07) is 10.5. The highest BCUT2D eigenvalue weighted by Gasteiger charge is 2.22. The molecule has 3 rings (SSSR count). The summed E-state index contributed by atoms with van der Waals surface area (Å²) in [5, 5.41) is 4.49. The molecule has 0 spiro atoms. The summed E-state index contributed by atoms with van der Waals surface area (Å²) in [6.45, 7) is 6.12. The molecule has 0 amide bonds. The van der Waals surface area contributed by atoms with E-state index in [-0.39, 0.29) is 12.4 Å². The molecule has 4 nitrogen and oxygen atoms in total. The Kier molecular flexibility index (Phi) is 5.39. The predicted octanol–water partition coefficient (Wildman–Crippen LogP) is 2.38. The van der Waals surface area contributed by atoms with Crippen molar-refractivity contribution in [1.82, 2.24) is 14.7 Å². The van der Waals surface area contributed by atoms with Crippen molar-refractivity contribution in [3.8, 4) is 5.69 Å². The SMILES string of the molecule is Cc1ccccc1-n1nccc1CN1CCC(CN)C1.Cl. The minimum atomic E-state index is 0. The van der Waals surface area contributed by atoms with E-state index in [1.54, 1.807) is 0 Å². The molecule has 0 bridgehead atoms. The van der Waals surface area contributed by atoms with E-state index >= 15 is 0 Å². The molecule has 1 aliphatic rings. The van der Waals surface area contributed by atoms with Gasteiger partial charge in [-0.2, -0.15) is 5.10 Å². The molecule has 1 unspecified atom stereocenters. The minimum absolute atomic E-state index is 0.